The molecule has 1 aromatic heterocycles. The van der Waals surface area contributed by atoms with E-state index in [1.807, 2.05) is 51.1 Å². The molecular weight excluding hydrogens is 814 g/mol. The fourth-order valence-corrected chi connectivity index (χ4v) is 6.09. The summed E-state index contributed by atoms with van der Waals surface area (Å²) in [5.41, 5.74) is 1.62. The van der Waals surface area contributed by atoms with Crippen molar-refractivity contribution >= 4 is 96.8 Å². The summed E-state index contributed by atoms with van der Waals surface area (Å²) in [6.45, 7) is 6.32. The van der Waals surface area contributed by atoms with Crippen molar-refractivity contribution in [3.8, 4) is 11.5 Å². The smallest absolute Gasteiger partial charge is 0.282 e. The molecule has 0 aliphatic heterocycles. The van der Waals surface area contributed by atoms with E-state index in [2.05, 4.69) is 84.8 Å². The van der Waals surface area contributed by atoms with Crippen LogP contribution in [0.4, 0.5) is 0 Å². The summed E-state index contributed by atoms with van der Waals surface area (Å²) in [6, 6.07) is 13.2. The first-order valence-electron chi connectivity index (χ1n) is 11.3. The Balaban J connectivity index is 1.76. The zero-order valence-corrected chi connectivity index (χ0v) is 28.7. The van der Waals surface area contributed by atoms with Gasteiger partial charge in [-0.05, 0) is 68.3 Å². The number of halogens is 5. The number of rotatable bonds is 6. The van der Waals surface area contributed by atoms with Crippen molar-refractivity contribution in [3.63, 3.8) is 0 Å². The molecule has 0 saturated carbocycles. The third-order valence-corrected chi connectivity index (χ3v) is 9.42. The first-order chi connectivity index (χ1) is 17.9. The highest BCUT2D eigenvalue weighted by Gasteiger charge is 2.23. The predicted octanol–water partition coefficient (Wildman–Crippen LogP) is 8.98. The molecule has 11 heteroatoms. The molecule has 0 bridgehead atoms. The van der Waals surface area contributed by atoms with Crippen molar-refractivity contribution < 1.29 is 9.47 Å². The van der Waals surface area contributed by atoms with Gasteiger partial charge in [0.25, 0.3) is 5.56 Å². The van der Waals surface area contributed by atoms with Gasteiger partial charge in [0, 0.05) is 34.4 Å². The largest absolute Gasteiger partial charge is 0.493 e. The van der Waals surface area contributed by atoms with Crippen LogP contribution >= 0.6 is 79.6 Å². The van der Waals surface area contributed by atoms with Gasteiger partial charge >= 0.3 is 0 Å². The van der Waals surface area contributed by atoms with Crippen molar-refractivity contribution in [3.05, 3.63) is 92.1 Å². The Morgan fingerprint density at radius 1 is 0.974 bits per heavy atom. The van der Waals surface area contributed by atoms with E-state index >= 15 is 0 Å². The molecule has 0 radical (unpaired) electrons. The normalized spacial score (nSPS) is 11.9. The number of hydrogen-bond donors (Lipinski definition) is 0. The molecule has 38 heavy (non-hydrogen) atoms. The zero-order chi connectivity index (χ0) is 27.8. The predicted molar refractivity (Wildman–Crippen MR) is 170 cm³/mol. The van der Waals surface area contributed by atoms with Gasteiger partial charge in [0.15, 0.2) is 11.5 Å². The maximum atomic E-state index is 13.5. The van der Waals surface area contributed by atoms with Crippen molar-refractivity contribution in [2.45, 2.75) is 32.8 Å². The number of aromatic nitrogens is 2. The minimum absolute atomic E-state index is 0.250. The molecule has 0 amide bonds. The molecule has 4 aromatic rings. The number of nitrogens with zero attached hydrogens (tertiary/aromatic N) is 3. The Morgan fingerprint density at radius 3 is 2.32 bits per heavy atom. The summed E-state index contributed by atoms with van der Waals surface area (Å²) in [5, 5.41) is 5.06. The van der Waals surface area contributed by atoms with Gasteiger partial charge in [-0.3, -0.25) is 4.79 Å². The highest BCUT2D eigenvalue weighted by atomic mass is 79.9. The second-order valence-corrected chi connectivity index (χ2v) is 13.6. The van der Waals surface area contributed by atoms with E-state index in [4.69, 9.17) is 14.5 Å². The van der Waals surface area contributed by atoms with Crippen LogP contribution in [-0.2, 0) is 12.0 Å². The Hall–Kier alpha value is -1.53. The number of methoxy groups -OCH3 is 1. The van der Waals surface area contributed by atoms with Gasteiger partial charge in [-0.2, -0.15) is 9.78 Å². The van der Waals surface area contributed by atoms with E-state index in [9.17, 15) is 4.79 Å². The van der Waals surface area contributed by atoms with Crippen molar-refractivity contribution in [2.75, 3.05) is 7.11 Å². The number of ether oxygens (including phenoxy) is 2. The van der Waals surface area contributed by atoms with Crippen LogP contribution < -0.4 is 15.0 Å². The van der Waals surface area contributed by atoms with E-state index in [0.717, 1.165) is 19.0 Å². The Bertz CT molecular complexity index is 1630. The second kappa shape index (κ2) is 11.9. The summed E-state index contributed by atoms with van der Waals surface area (Å²) in [5.74, 6) is 1.60. The first kappa shape index (κ1) is 29.5. The van der Waals surface area contributed by atoms with E-state index in [1.54, 1.807) is 25.5 Å². The summed E-state index contributed by atoms with van der Waals surface area (Å²) in [7, 11) is 1.58. The molecule has 3 aromatic carbocycles. The molecule has 4 rings (SSSR count). The Labute approximate surface area is 262 Å². The van der Waals surface area contributed by atoms with Crippen LogP contribution in [0, 0.1) is 0 Å². The van der Waals surface area contributed by atoms with E-state index in [0.29, 0.717) is 49.3 Å². The van der Waals surface area contributed by atoms with Crippen LogP contribution in [-0.4, -0.2) is 23.0 Å². The topological polar surface area (TPSA) is 65.7 Å². The van der Waals surface area contributed by atoms with Crippen LogP contribution in [0.2, 0.25) is 0 Å². The minimum Gasteiger partial charge on any atom is -0.493 e. The molecule has 6 nitrogen and oxygen atoms in total. The quantitative estimate of drug-likeness (QED) is 0.182. The van der Waals surface area contributed by atoms with Gasteiger partial charge in [0.05, 0.1) is 28.7 Å². The monoisotopic (exact) mass is 831 g/mol. The summed E-state index contributed by atoms with van der Waals surface area (Å²) in [4.78, 5) is 18.3. The van der Waals surface area contributed by atoms with Gasteiger partial charge in [-0.1, -0.05) is 74.6 Å². The molecule has 0 fully saturated rings. The summed E-state index contributed by atoms with van der Waals surface area (Å²) < 4.78 is 17.2. The molecule has 0 N–H and O–H groups in total. The fourth-order valence-electron chi connectivity index (χ4n) is 3.63. The van der Waals surface area contributed by atoms with Gasteiger partial charge in [0.2, 0.25) is 0 Å². The van der Waals surface area contributed by atoms with Gasteiger partial charge in [-0.15, -0.1) is 0 Å². The molecule has 1 heterocycles. The van der Waals surface area contributed by atoms with Crippen LogP contribution in [0.15, 0.2) is 74.7 Å². The van der Waals surface area contributed by atoms with Gasteiger partial charge < -0.3 is 9.47 Å². The van der Waals surface area contributed by atoms with Gasteiger partial charge in [-0.25, -0.2) is 4.98 Å². The maximum absolute atomic E-state index is 13.5. The van der Waals surface area contributed by atoms with Crippen LogP contribution in [0.1, 0.15) is 37.7 Å². The van der Waals surface area contributed by atoms with Crippen LogP contribution in [0.3, 0.4) is 0 Å². The average molecular weight is 836 g/mol. The molecule has 0 aliphatic rings. The van der Waals surface area contributed by atoms with Crippen molar-refractivity contribution in [1.29, 1.82) is 0 Å². The lowest BCUT2D eigenvalue weighted by Crippen LogP contribution is -2.29. The highest BCUT2D eigenvalue weighted by Crippen LogP contribution is 2.43. The lowest BCUT2D eigenvalue weighted by atomic mass is 9.95. The Kier molecular flexibility index (Phi) is 9.24. The summed E-state index contributed by atoms with van der Waals surface area (Å²) in [6.07, 6.45) is 1.61. The number of fused-ring (bicyclic) bond motifs is 1. The molecular formula is C27H22Br5N3O3. The van der Waals surface area contributed by atoms with Crippen molar-refractivity contribution in [2.24, 2.45) is 5.10 Å². The first-order valence-corrected chi connectivity index (χ1v) is 15.3. The van der Waals surface area contributed by atoms with Crippen LogP contribution in [0.5, 0.6) is 11.5 Å². The lowest BCUT2D eigenvalue weighted by molar-refractivity contribution is 0.281. The molecule has 0 atom stereocenters. The maximum Gasteiger partial charge on any atom is 0.282 e. The van der Waals surface area contributed by atoms with Crippen molar-refractivity contribution in [1.82, 2.24) is 9.66 Å². The molecule has 0 aliphatic carbocycles. The van der Waals surface area contributed by atoms with E-state index < -0.39 is 5.41 Å². The summed E-state index contributed by atoms with van der Waals surface area (Å²) >= 11 is 17.8. The fraction of sp³-hybridized carbons (Fsp3) is 0.222. The van der Waals surface area contributed by atoms with E-state index in [1.165, 1.54) is 4.68 Å². The second-order valence-electron chi connectivity index (χ2n) is 9.36. The molecule has 198 valence electrons. The SMILES string of the molecule is COc1cc(C=Nn2c(C(C)(C)C)nc3ccc(Br)cc3c2=O)c(Br)c(Br)c1OCc1ccc(Br)cc1Br. The zero-order valence-electron chi connectivity index (χ0n) is 20.8. The molecule has 0 spiro atoms. The number of benzene rings is 3. The van der Waals surface area contributed by atoms with E-state index in [-0.39, 0.29) is 5.56 Å². The highest BCUT2D eigenvalue weighted by molar-refractivity contribution is 9.13. The molecule has 0 saturated heterocycles. The Morgan fingerprint density at radius 2 is 1.66 bits per heavy atom. The number of hydrogen-bond acceptors (Lipinski definition) is 5. The molecule has 0 unspecified atom stereocenters. The average Bonchev–Trinajstić information content (AvgIpc) is 2.85. The lowest BCUT2D eigenvalue weighted by Gasteiger charge is -2.21. The third kappa shape index (κ3) is 6.27. The third-order valence-electron chi connectivity index (χ3n) is 5.55. The van der Waals surface area contributed by atoms with Crippen LogP contribution in [0.25, 0.3) is 10.9 Å². The minimum atomic E-state index is -0.424. The standard InChI is InChI=1S/C27H22Br5N3O3/c1-27(2,3)26-34-20-8-7-16(28)10-18(20)25(36)35(26)33-12-15-9-21(37-4)24(23(32)22(15)31)38-13-14-5-6-17(29)11-19(14)30/h5-12H,13H2,1-4H3. The van der Waals surface area contributed by atoms with Gasteiger partial charge in [0.1, 0.15) is 12.4 Å².